The largest absolute Gasteiger partial charge is 0.453 e. The van der Waals surface area contributed by atoms with Gasteiger partial charge in [0, 0.05) is 17.6 Å². The molecule has 0 bridgehead atoms. The molecule has 0 aliphatic carbocycles. The van der Waals surface area contributed by atoms with Gasteiger partial charge in [0.2, 0.25) is 0 Å². The van der Waals surface area contributed by atoms with E-state index in [1.54, 1.807) is 4.68 Å². The summed E-state index contributed by atoms with van der Waals surface area (Å²) in [5, 5.41) is 5.02. The van der Waals surface area contributed by atoms with Crippen molar-refractivity contribution in [1.82, 2.24) is 9.78 Å². The van der Waals surface area contributed by atoms with Crippen LogP contribution in [0.4, 0.5) is 0 Å². The summed E-state index contributed by atoms with van der Waals surface area (Å²) in [7, 11) is 1.90. The highest BCUT2D eigenvalue weighted by Gasteiger charge is 2.14. The van der Waals surface area contributed by atoms with E-state index in [1.165, 1.54) is 0 Å². The van der Waals surface area contributed by atoms with Crippen LogP contribution in [0.1, 0.15) is 17.0 Å². The molecule has 0 radical (unpaired) electrons. The molecule has 0 spiro atoms. The first kappa shape index (κ1) is 13.9. The van der Waals surface area contributed by atoms with Gasteiger partial charge in [-0.3, -0.25) is 4.68 Å². The maximum absolute atomic E-state index is 6.20. The third-order valence-corrected chi connectivity index (χ3v) is 3.48. The van der Waals surface area contributed by atoms with E-state index in [9.17, 15) is 0 Å². The van der Waals surface area contributed by atoms with Gasteiger partial charge in [0.15, 0.2) is 5.75 Å². The highest BCUT2D eigenvalue weighted by Crippen LogP contribution is 2.33. The number of benzene rings is 1. The number of nitrogens with two attached hydrogens (primary N) is 1. The molecule has 0 saturated heterocycles. The van der Waals surface area contributed by atoms with Crippen molar-refractivity contribution >= 4 is 11.6 Å². The van der Waals surface area contributed by atoms with Crippen LogP contribution in [-0.4, -0.2) is 16.3 Å². The van der Waals surface area contributed by atoms with E-state index in [-0.39, 0.29) is 0 Å². The summed E-state index contributed by atoms with van der Waals surface area (Å²) >= 11 is 6.20. The Morgan fingerprint density at radius 1 is 1.37 bits per heavy atom. The fourth-order valence-electron chi connectivity index (χ4n) is 2.03. The van der Waals surface area contributed by atoms with Gasteiger partial charge in [-0.25, -0.2) is 0 Å². The van der Waals surface area contributed by atoms with E-state index >= 15 is 0 Å². The van der Waals surface area contributed by atoms with Crippen molar-refractivity contribution in [3.05, 3.63) is 40.2 Å². The summed E-state index contributed by atoms with van der Waals surface area (Å²) in [6.45, 7) is 4.43. The summed E-state index contributed by atoms with van der Waals surface area (Å²) in [5.41, 5.74) is 8.41. The topological polar surface area (TPSA) is 53.1 Å². The lowest BCUT2D eigenvalue weighted by Crippen LogP contribution is -2.05. The molecule has 19 heavy (non-hydrogen) atoms. The van der Waals surface area contributed by atoms with Gasteiger partial charge >= 0.3 is 0 Å². The summed E-state index contributed by atoms with van der Waals surface area (Å²) < 4.78 is 7.81. The highest BCUT2D eigenvalue weighted by molar-refractivity contribution is 6.31. The predicted molar refractivity (Wildman–Crippen MR) is 77.0 cm³/mol. The van der Waals surface area contributed by atoms with E-state index < -0.39 is 0 Å². The first-order chi connectivity index (χ1) is 9.04. The monoisotopic (exact) mass is 279 g/mol. The summed E-state index contributed by atoms with van der Waals surface area (Å²) in [6.07, 6.45) is 0.688. The Morgan fingerprint density at radius 2 is 2.11 bits per heavy atom. The van der Waals surface area contributed by atoms with Crippen LogP contribution >= 0.6 is 11.6 Å². The average molecular weight is 280 g/mol. The minimum absolute atomic E-state index is 0.533. The van der Waals surface area contributed by atoms with Gasteiger partial charge in [0.25, 0.3) is 0 Å². The molecule has 0 atom stereocenters. The standard InChI is InChI=1S/C14H18ClN3O/c1-9-14(10(2)18(3)17-9)19-13-6-4-5-12(15)11(13)7-8-16/h4-6H,7-8,16H2,1-3H3. The average Bonchev–Trinajstić information content (AvgIpc) is 2.60. The lowest BCUT2D eigenvalue weighted by atomic mass is 10.1. The SMILES string of the molecule is Cc1nn(C)c(C)c1Oc1cccc(Cl)c1CCN. The molecular formula is C14H18ClN3O. The van der Waals surface area contributed by atoms with Crippen LogP contribution in [0, 0.1) is 13.8 Å². The van der Waals surface area contributed by atoms with Gasteiger partial charge in [-0.05, 0) is 38.9 Å². The number of hydrogen-bond donors (Lipinski definition) is 1. The fourth-order valence-corrected chi connectivity index (χ4v) is 2.29. The Morgan fingerprint density at radius 3 is 2.68 bits per heavy atom. The Labute approximate surface area is 118 Å². The van der Waals surface area contributed by atoms with E-state index in [0.717, 1.165) is 28.5 Å². The Bertz CT molecular complexity index is 593. The predicted octanol–water partition coefficient (Wildman–Crippen LogP) is 2.98. The second kappa shape index (κ2) is 5.63. The minimum Gasteiger partial charge on any atom is -0.453 e. The lowest BCUT2D eigenvalue weighted by Gasteiger charge is -2.12. The van der Waals surface area contributed by atoms with E-state index in [1.807, 2.05) is 39.1 Å². The Kier molecular flexibility index (Phi) is 4.12. The zero-order valence-corrected chi connectivity index (χ0v) is 12.2. The third-order valence-electron chi connectivity index (χ3n) is 3.12. The molecule has 0 saturated carbocycles. The van der Waals surface area contributed by atoms with Crippen molar-refractivity contribution in [1.29, 1.82) is 0 Å². The van der Waals surface area contributed by atoms with Gasteiger partial charge in [-0.2, -0.15) is 5.10 Å². The maximum Gasteiger partial charge on any atom is 0.171 e. The second-order valence-corrected chi connectivity index (χ2v) is 4.89. The first-order valence-corrected chi connectivity index (χ1v) is 6.58. The normalized spacial score (nSPS) is 10.8. The zero-order valence-electron chi connectivity index (χ0n) is 11.4. The molecule has 0 fully saturated rings. The van der Waals surface area contributed by atoms with Crippen LogP contribution in [-0.2, 0) is 13.5 Å². The number of nitrogens with zero attached hydrogens (tertiary/aromatic N) is 2. The van der Waals surface area contributed by atoms with Gasteiger partial charge < -0.3 is 10.5 Å². The van der Waals surface area contributed by atoms with Gasteiger partial charge in [0.1, 0.15) is 11.4 Å². The quantitative estimate of drug-likeness (QED) is 0.936. The first-order valence-electron chi connectivity index (χ1n) is 6.20. The van der Waals surface area contributed by atoms with E-state index in [4.69, 9.17) is 22.1 Å². The van der Waals surface area contributed by atoms with Crippen molar-refractivity contribution in [2.24, 2.45) is 12.8 Å². The highest BCUT2D eigenvalue weighted by atomic mass is 35.5. The summed E-state index contributed by atoms with van der Waals surface area (Å²) in [5.74, 6) is 1.53. The molecule has 102 valence electrons. The number of hydrogen-bond acceptors (Lipinski definition) is 3. The van der Waals surface area contributed by atoms with Gasteiger partial charge in [-0.1, -0.05) is 17.7 Å². The van der Waals surface area contributed by atoms with Gasteiger partial charge in [0.05, 0.1) is 5.69 Å². The molecule has 1 heterocycles. The van der Waals surface area contributed by atoms with Crippen molar-refractivity contribution in [2.75, 3.05) is 6.54 Å². The molecule has 4 nitrogen and oxygen atoms in total. The molecule has 2 rings (SSSR count). The fraction of sp³-hybridized carbons (Fsp3) is 0.357. The maximum atomic E-state index is 6.20. The van der Waals surface area contributed by atoms with Crippen molar-refractivity contribution in [3.63, 3.8) is 0 Å². The second-order valence-electron chi connectivity index (χ2n) is 4.48. The molecule has 0 amide bonds. The number of aryl methyl sites for hydroxylation is 2. The van der Waals surface area contributed by atoms with Crippen LogP contribution in [0.25, 0.3) is 0 Å². The lowest BCUT2D eigenvalue weighted by molar-refractivity contribution is 0.468. The van der Waals surface area contributed by atoms with Gasteiger partial charge in [-0.15, -0.1) is 0 Å². The molecule has 0 unspecified atom stereocenters. The van der Waals surface area contributed by atoms with Crippen molar-refractivity contribution in [3.8, 4) is 11.5 Å². The number of halogens is 1. The van der Waals surface area contributed by atoms with Crippen molar-refractivity contribution < 1.29 is 4.74 Å². The van der Waals surface area contributed by atoms with Crippen molar-refractivity contribution in [2.45, 2.75) is 20.3 Å². The molecule has 1 aromatic heterocycles. The molecule has 0 aliphatic heterocycles. The zero-order chi connectivity index (χ0) is 14.0. The smallest absolute Gasteiger partial charge is 0.171 e. The van der Waals surface area contributed by atoms with Crippen LogP contribution in [0.2, 0.25) is 5.02 Å². The van der Waals surface area contributed by atoms with Crippen LogP contribution in [0.15, 0.2) is 18.2 Å². The minimum atomic E-state index is 0.533. The molecule has 5 heteroatoms. The Balaban J connectivity index is 2.40. The summed E-state index contributed by atoms with van der Waals surface area (Å²) in [6, 6.07) is 5.63. The summed E-state index contributed by atoms with van der Waals surface area (Å²) in [4.78, 5) is 0. The van der Waals surface area contributed by atoms with Crippen LogP contribution < -0.4 is 10.5 Å². The molecule has 2 aromatic rings. The molecule has 0 aliphatic rings. The number of aromatic nitrogens is 2. The van der Waals surface area contributed by atoms with Crippen LogP contribution in [0.5, 0.6) is 11.5 Å². The molecular weight excluding hydrogens is 262 g/mol. The Hall–Kier alpha value is -1.52. The van der Waals surface area contributed by atoms with Crippen LogP contribution in [0.3, 0.4) is 0 Å². The van der Waals surface area contributed by atoms with E-state index in [0.29, 0.717) is 18.0 Å². The number of rotatable bonds is 4. The third kappa shape index (κ3) is 2.74. The molecule has 2 N–H and O–H groups in total. The molecule has 1 aromatic carbocycles. The van der Waals surface area contributed by atoms with E-state index in [2.05, 4.69) is 5.10 Å². The number of ether oxygens (including phenoxy) is 1.